The molecule has 12 heteroatoms. The standard InChI is InChI=1S/C51H98NO10P/c1-3-5-7-9-11-13-15-17-19-21-22-23-24-25-27-28-30-32-34-36-38-40-42-49(53)59-44-47(45-60-63(57,58)61-46-48(52)51(55)56)62-50(54)43-41-39-37-35-33-31-29-26-20-18-16-14-12-10-8-6-4-2/h14,16,47-48H,3-13,15,17-46,52H2,1-2H3,(H,55,56)(H,57,58)/b16-14+/t47-,48+/m0/s1. The second-order valence-corrected chi connectivity index (χ2v) is 19.5. The van der Waals surface area contributed by atoms with Gasteiger partial charge in [0.25, 0.3) is 0 Å². The quantitative estimate of drug-likeness (QED) is 0.0229. The maximum absolute atomic E-state index is 12.7. The van der Waals surface area contributed by atoms with Gasteiger partial charge in [-0.2, -0.15) is 0 Å². The highest BCUT2D eigenvalue weighted by Crippen LogP contribution is 2.43. The Bertz CT molecular complexity index is 1120. The summed E-state index contributed by atoms with van der Waals surface area (Å²) in [6.07, 6.45) is 49.9. The maximum atomic E-state index is 12.7. The number of phosphoric ester groups is 1. The third kappa shape index (κ3) is 46.5. The van der Waals surface area contributed by atoms with Gasteiger partial charge < -0.3 is 25.2 Å². The fourth-order valence-electron chi connectivity index (χ4n) is 7.65. The van der Waals surface area contributed by atoms with Crippen molar-refractivity contribution in [3.05, 3.63) is 12.2 Å². The average Bonchev–Trinajstić information content (AvgIpc) is 3.26. The number of aliphatic carboxylic acids is 1. The molecule has 372 valence electrons. The zero-order valence-corrected chi connectivity index (χ0v) is 41.6. The molecule has 4 N–H and O–H groups in total. The molecule has 0 bridgehead atoms. The summed E-state index contributed by atoms with van der Waals surface area (Å²) in [7, 11) is -4.72. The lowest BCUT2D eigenvalue weighted by Crippen LogP contribution is -2.34. The van der Waals surface area contributed by atoms with E-state index in [0.717, 1.165) is 38.5 Å². The van der Waals surface area contributed by atoms with Crippen molar-refractivity contribution in [2.24, 2.45) is 5.73 Å². The zero-order valence-electron chi connectivity index (χ0n) is 40.7. The van der Waals surface area contributed by atoms with Gasteiger partial charge in [-0.05, 0) is 38.5 Å². The van der Waals surface area contributed by atoms with Gasteiger partial charge in [-0.3, -0.25) is 23.4 Å². The Balaban J connectivity index is 4.17. The summed E-state index contributed by atoms with van der Waals surface area (Å²) >= 11 is 0. The lowest BCUT2D eigenvalue weighted by molar-refractivity contribution is -0.161. The predicted octanol–water partition coefficient (Wildman–Crippen LogP) is 14.8. The molecule has 0 aromatic heterocycles. The number of rotatable bonds is 50. The van der Waals surface area contributed by atoms with E-state index in [4.69, 9.17) is 24.8 Å². The van der Waals surface area contributed by atoms with Gasteiger partial charge in [-0.15, -0.1) is 0 Å². The first-order chi connectivity index (χ1) is 30.6. The second kappa shape index (κ2) is 46.7. The number of esters is 2. The normalized spacial score (nSPS) is 13.6. The van der Waals surface area contributed by atoms with Crippen molar-refractivity contribution < 1.29 is 47.5 Å². The molecule has 0 fully saturated rings. The molecule has 0 aliphatic heterocycles. The second-order valence-electron chi connectivity index (χ2n) is 18.0. The molecule has 0 aromatic rings. The van der Waals surface area contributed by atoms with Crippen LogP contribution in [-0.2, 0) is 37.5 Å². The van der Waals surface area contributed by atoms with E-state index in [-0.39, 0.29) is 19.4 Å². The minimum absolute atomic E-state index is 0.163. The number of allylic oxidation sites excluding steroid dienone is 2. The van der Waals surface area contributed by atoms with E-state index >= 15 is 0 Å². The Kier molecular flexibility index (Phi) is 45.4. The predicted molar refractivity (Wildman–Crippen MR) is 259 cm³/mol. The molecule has 0 saturated carbocycles. The molecule has 0 aromatic carbocycles. The van der Waals surface area contributed by atoms with Crippen molar-refractivity contribution >= 4 is 25.7 Å². The van der Waals surface area contributed by atoms with Gasteiger partial charge in [0.2, 0.25) is 0 Å². The lowest BCUT2D eigenvalue weighted by Gasteiger charge is -2.20. The van der Waals surface area contributed by atoms with Gasteiger partial charge >= 0.3 is 25.7 Å². The first-order valence-corrected chi connectivity index (χ1v) is 27.7. The third-order valence-corrected chi connectivity index (χ3v) is 12.7. The first-order valence-electron chi connectivity index (χ1n) is 26.2. The average molecular weight is 916 g/mol. The number of unbranched alkanes of at least 4 members (excludes halogenated alkanes) is 34. The molecule has 3 atom stereocenters. The summed E-state index contributed by atoms with van der Waals surface area (Å²) in [5.41, 5.74) is 5.35. The number of carbonyl (C=O) groups excluding carboxylic acids is 2. The minimum Gasteiger partial charge on any atom is -0.480 e. The number of carboxylic acid groups (broad SMARTS) is 1. The number of phosphoric acid groups is 1. The van der Waals surface area contributed by atoms with Crippen molar-refractivity contribution in [2.75, 3.05) is 19.8 Å². The molecule has 63 heavy (non-hydrogen) atoms. The molecular weight excluding hydrogens is 818 g/mol. The van der Waals surface area contributed by atoms with E-state index in [1.165, 1.54) is 186 Å². The van der Waals surface area contributed by atoms with Gasteiger partial charge in [0.15, 0.2) is 6.10 Å². The molecule has 0 spiro atoms. The highest BCUT2D eigenvalue weighted by atomic mass is 31.2. The molecule has 0 aliphatic carbocycles. The highest BCUT2D eigenvalue weighted by Gasteiger charge is 2.28. The number of carboxylic acids is 1. The van der Waals surface area contributed by atoms with Gasteiger partial charge in [-0.1, -0.05) is 225 Å². The Hall–Kier alpha value is -1.78. The van der Waals surface area contributed by atoms with Crippen LogP contribution in [0.1, 0.15) is 264 Å². The van der Waals surface area contributed by atoms with Crippen LogP contribution in [0.25, 0.3) is 0 Å². The largest absolute Gasteiger partial charge is 0.480 e. The summed E-state index contributed by atoms with van der Waals surface area (Å²) in [6.45, 7) is 2.85. The van der Waals surface area contributed by atoms with Crippen LogP contribution in [-0.4, -0.2) is 59.9 Å². The van der Waals surface area contributed by atoms with Gasteiger partial charge in [0.1, 0.15) is 12.6 Å². The van der Waals surface area contributed by atoms with Gasteiger partial charge in [0.05, 0.1) is 13.2 Å². The van der Waals surface area contributed by atoms with Crippen LogP contribution in [0.15, 0.2) is 12.2 Å². The zero-order chi connectivity index (χ0) is 46.3. The smallest absolute Gasteiger partial charge is 0.472 e. The first kappa shape index (κ1) is 61.2. The van der Waals surface area contributed by atoms with E-state index < -0.39 is 51.1 Å². The fraction of sp³-hybridized carbons (Fsp3) is 0.902. The third-order valence-electron chi connectivity index (χ3n) is 11.8. The molecule has 0 rings (SSSR count). The minimum atomic E-state index is -4.72. The molecule has 1 unspecified atom stereocenters. The van der Waals surface area contributed by atoms with Crippen LogP contribution in [0.5, 0.6) is 0 Å². The highest BCUT2D eigenvalue weighted by molar-refractivity contribution is 7.47. The molecule has 0 amide bonds. The van der Waals surface area contributed by atoms with Crippen molar-refractivity contribution in [3.63, 3.8) is 0 Å². The van der Waals surface area contributed by atoms with E-state index in [2.05, 4.69) is 30.5 Å². The summed E-state index contributed by atoms with van der Waals surface area (Å²) in [6, 6.07) is -1.52. The van der Waals surface area contributed by atoms with E-state index in [1.807, 2.05) is 0 Å². The van der Waals surface area contributed by atoms with Gasteiger partial charge in [-0.25, -0.2) is 4.57 Å². The van der Waals surface area contributed by atoms with E-state index in [9.17, 15) is 23.8 Å². The number of hydrogen-bond acceptors (Lipinski definition) is 9. The topological polar surface area (TPSA) is 172 Å². The molecule has 0 saturated heterocycles. The summed E-state index contributed by atoms with van der Waals surface area (Å²) in [4.78, 5) is 46.2. The van der Waals surface area contributed by atoms with Crippen molar-refractivity contribution in [1.82, 2.24) is 0 Å². The fourth-order valence-corrected chi connectivity index (χ4v) is 8.43. The van der Waals surface area contributed by atoms with Crippen LogP contribution in [0, 0.1) is 0 Å². The van der Waals surface area contributed by atoms with E-state index in [0.29, 0.717) is 12.8 Å². The molecule has 0 heterocycles. The Labute approximate surface area is 386 Å². The van der Waals surface area contributed by atoms with Crippen LogP contribution in [0.3, 0.4) is 0 Å². The molecule has 0 radical (unpaired) electrons. The van der Waals surface area contributed by atoms with Crippen LogP contribution in [0.2, 0.25) is 0 Å². The van der Waals surface area contributed by atoms with Gasteiger partial charge in [0, 0.05) is 12.8 Å². The summed E-state index contributed by atoms with van der Waals surface area (Å²) in [5.74, 6) is -2.36. The van der Waals surface area contributed by atoms with Crippen molar-refractivity contribution in [3.8, 4) is 0 Å². The van der Waals surface area contributed by atoms with Crippen LogP contribution >= 0.6 is 7.82 Å². The summed E-state index contributed by atoms with van der Waals surface area (Å²) < 4.78 is 32.9. The lowest BCUT2D eigenvalue weighted by atomic mass is 10.0. The van der Waals surface area contributed by atoms with Crippen LogP contribution in [0.4, 0.5) is 0 Å². The van der Waals surface area contributed by atoms with Crippen molar-refractivity contribution in [1.29, 1.82) is 0 Å². The Morgan fingerprint density at radius 3 is 1.17 bits per heavy atom. The molecule has 0 aliphatic rings. The SMILES string of the molecule is CCCCCC/C=C/CCCCCCCCCCCC(=O)O[C@@H](COC(=O)CCCCCCCCCCCCCCCCCCCCCCCC)COP(=O)(O)OC[C@@H](N)C(=O)O. The number of hydrogen-bond donors (Lipinski definition) is 3. The monoisotopic (exact) mass is 916 g/mol. The number of nitrogens with two attached hydrogens (primary N) is 1. The Morgan fingerprint density at radius 2 is 0.794 bits per heavy atom. The molecular formula is C51H98NO10P. The molecule has 11 nitrogen and oxygen atoms in total. The number of ether oxygens (including phenoxy) is 2. The Morgan fingerprint density at radius 1 is 0.476 bits per heavy atom. The van der Waals surface area contributed by atoms with E-state index in [1.54, 1.807) is 0 Å². The summed E-state index contributed by atoms with van der Waals surface area (Å²) in [5, 5.41) is 8.92. The maximum Gasteiger partial charge on any atom is 0.472 e. The van der Waals surface area contributed by atoms with Crippen LogP contribution < -0.4 is 5.73 Å². The van der Waals surface area contributed by atoms with Crippen molar-refractivity contribution in [2.45, 2.75) is 276 Å². The number of carbonyl (C=O) groups is 3.